The predicted molar refractivity (Wildman–Crippen MR) is 102 cm³/mol. The molecular formula is C20H18BrNO7. The van der Waals surface area contributed by atoms with Gasteiger partial charge >= 0.3 is 11.9 Å². The van der Waals surface area contributed by atoms with Crippen LogP contribution in [0.5, 0.6) is 0 Å². The Balaban J connectivity index is 1.81. The number of para-hydroxylation sites is 1. The minimum atomic E-state index is -1.58. The molecule has 29 heavy (non-hydrogen) atoms. The Morgan fingerprint density at radius 3 is 2.24 bits per heavy atom. The second-order valence-corrected chi connectivity index (χ2v) is 8.30. The van der Waals surface area contributed by atoms with Gasteiger partial charge in [-0.2, -0.15) is 0 Å². The van der Waals surface area contributed by atoms with Crippen LogP contribution < -0.4 is 4.90 Å². The number of nitrogens with zero attached hydrogens (tertiary/aromatic N) is 1. The number of halogens is 1. The van der Waals surface area contributed by atoms with Crippen molar-refractivity contribution in [3.8, 4) is 0 Å². The molecule has 0 unspecified atom stereocenters. The van der Waals surface area contributed by atoms with Crippen molar-refractivity contribution in [2.24, 2.45) is 11.8 Å². The molecule has 9 heteroatoms. The molecule has 3 heterocycles. The number of benzene rings is 1. The second kappa shape index (κ2) is 6.50. The van der Waals surface area contributed by atoms with Crippen molar-refractivity contribution in [3.05, 3.63) is 40.9 Å². The van der Waals surface area contributed by atoms with Crippen molar-refractivity contribution in [2.45, 2.75) is 38.3 Å². The zero-order valence-electron chi connectivity index (χ0n) is 15.9. The Bertz CT molecular complexity index is 959. The highest BCUT2D eigenvalue weighted by molar-refractivity contribution is 9.10. The van der Waals surface area contributed by atoms with Gasteiger partial charge in [0.2, 0.25) is 11.8 Å². The number of fused-ring (bicyclic) bond motifs is 5. The minimum absolute atomic E-state index is 0.409. The van der Waals surface area contributed by atoms with E-state index >= 15 is 0 Å². The number of anilines is 1. The van der Waals surface area contributed by atoms with Gasteiger partial charge in [-0.05, 0) is 41.1 Å². The molecule has 4 rings (SSSR count). The molecule has 1 aromatic carbocycles. The summed E-state index contributed by atoms with van der Waals surface area (Å²) < 4.78 is 17.1. The molecule has 2 bridgehead atoms. The first kappa shape index (κ1) is 19.8. The molecule has 3 aliphatic rings. The van der Waals surface area contributed by atoms with E-state index in [2.05, 4.69) is 15.9 Å². The van der Waals surface area contributed by atoms with E-state index in [9.17, 15) is 19.2 Å². The average molecular weight is 464 g/mol. The molecule has 3 aliphatic heterocycles. The van der Waals surface area contributed by atoms with Crippen molar-refractivity contribution < 1.29 is 33.4 Å². The number of amides is 2. The summed E-state index contributed by atoms with van der Waals surface area (Å²) in [5.41, 5.74) is -2.28. The standard InChI is InChI=1S/C20H18BrNO7/c1-10(23)27-18(28-11(2)24)20-9-8-19(3,29-20)14-15(20)17(26)22(16(14)25)13-7-5-4-6-12(13)21/h4-9,14-15,18H,1-3H3/t14-,15+,19-,20+/m1/s1. The molecule has 0 spiro atoms. The fourth-order valence-corrected chi connectivity index (χ4v) is 4.90. The molecule has 0 saturated carbocycles. The smallest absolute Gasteiger partial charge is 0.305 e. The maximum Gasteiger partial charge on any atom is 0.305 e. The number of esters is 2. The number of ether oxygens (including phenoxy) is 3. The third kappa shape index (κ3) is 2.75. The van der Waals surface area contributed by atoms with Crippen LogP contribution in [0, 0.1) is 11.8 Å². The predicted octanol–water partition coefficient (Wildman–Crippen LogP) is 2.10. The lowest BCUT2D eigenvalue weighted by molar-refractivity contribution is -0.231. The Kier molecular flexibility index (Phi) is 4.43. The first-order valence-electron chi connectivity index (χ1n) is 8.98. The molecule has 152 valence electrons. The molecule has 0 radical (unpaired) electrons. The molecule has 8 nitrogen and oxygen atoms in total. The van der Waals surface area contributed by atoms with E-state index in [4.69, 9.17) is 14.2 Å². The SMILES string of the molecule is CC(=O)OC(OC(C)=O)[C@@]12C=C[C@@](C)(O1)[C@H]1C(=O)N(c3ccccc3Br)C(=O)[C@H]12. The number of hydrogen-bond donors (Lipinski definition) is 0. The largest absolute Gasteiger partial charge is 0.422 e. The van der Waals surface area contributed by atoms with Crippen LogP contribution in [0.15, 0.2) is 40.9 Å². The number of carbonyl (C=O) groups excluding carboxylic acids is 4. The van der Waals surface area contributed by atoms with Crippen LogP contribution >= 0.6 is 15.9 Å². The van der Waals surface area contributed by atoms with Crippen LogP contribution in [0.25, 0.3) is 0 Å². The summed E-state index contributed by atoms with van der Waals surface area (Å²) in [5, 5.41) is 0. The Morgan fingerprint density at radius 1 is 1.07 bits per heavy atom. The van der Waals surface area contributed by atoms with Crippen LogP contribution in [0.4, 0.5) is 5.69 Å². The summed E-state index contributed by atoms with van der Waals surface area (Å²) in [6, 6.07) is 6.87. The number of carbonyl (C=O) groups is 4. The summed E-state index contributed by atoms with van der Waals surface area (Å²) >= 11 is 3.38. The maximum absolute atomic E-state index is 13.5. The monoisotopic (exact) mass is 463 g/mol. The van der Waals surface area contributed by atoms with Gasteiger partial charge in [0.05, 0.1) is 23.1 Å². The lowest BCUT2D eigenvalue weighted by Gasteiger charge is -2.34. The van der Waals surface area contributed by atoms with Crippen molar-refractivity contribution in [3.63, 3.8) is 0 Å². The molecule has 4 atom stereocenters. The van der Waals surface area contributed by atoms with Gasteiger partial charge in [-0.3, -0.25) is 19.2 Å². The third-order valence-electron chi connectivity index (χ3n) is 5.49. The number of rotatable bonds is 4. The topological polar surface area (TPSA) is 99.2 Å². The average Bonchev–Trinajstić information content (AvgIpc) is 3.21. The molecule has 2 amide bonds. The molecule has 2 fully saturated rings. The Morgan fingerprint density at radius 2 is 1.66 bits per heavy atom. The zero-order chi connectivity index (χ0) is 21.1. The molecule has 1 aromatic rings. The van der Waals surface area contributed by atoms with Gasteiger partial charge in [-0.15, -0.1) is 0 Å². The summed E-state index contributed by atoms with van der Waals surface area (Å²) in [4.78, 5) is 51.2. The van der Waals surface area contributed by atoms with Crippen LogP contribution in [0.1, 0.15) is 20.8 Å². The molecule has 0 N–H and O–H groups in total. The summed E-state index contributed by atoms with van der Waals surface area (Å²) in [7, 11) is 0. The lowest BCUT2D eigenvalue weighted by atomic mass is 9.72. The third-order valence-corrected chi connectivity index (χ3v) is 6.16. The van der Waals surface area contributed by atoms with Crippen molar-refractivity contribution in [1.29, 1.82) is 0 Å². The van der Waals surface area contributed by atoms with E-state index in [1.807, 2.05) is 0 Å². The highest BCUT2D eigenvalue weighted by Gasteiger charge is 2.76. The zero-order valence-corrected chi connectivity index (χ0v) is 17.5. The molecule has 2 saturated heterocycles. The summed E-state index contributed by atoms with van der Waals surface area (Å²) in [6.07, 6.45) is 1.71. The lowest BCUT2D eigenvalue weighted by Crippen LogP contribution is -2.52. The molecule has 0 aliphatic carbocycles. The van der Waals surface area contributed by atoms with Crippen molar-refractivity contribution in [1.82, 2.24) is 0 Å². The van der Waals surface area contributed by atoms with Gasteiger partial charge in [-0.1, -0.05) is 18.2 Å². The van der Waals surface area contributed by atoms with Crippen LogP contribution in [-0.4, -0.2) is 41.2 Å². The fourth-order valence-electron chi connectivity index (χ4n) is 4.43. The van der Waals surface area contributed by atoms with E-state index in [0.717, 1.165) is 18.7 Å². The van der Waals surface area contributed by atoms with E-state index < -0.39 is 53.1 Å². The Labute approximate surface area is 174 Å². The van der Waals surface area contributed by atoms with Gasteiger partial charge in [0, 0.05) is 18.3 Å². The van der Waals surface area contributed by atoms with Gasteiger partial charge in [-0.25, -0.2) is 4.90 Å². The minimum Gasteiger partial charge on any atom is -0.422 e. The Hall–Kier alpha value is -2.52. The first-order chi connectivity index (χ1) is 13.6. The van der Waals surface area contributed by atoms with E-state index in [1.54, 1.807) is 43.3 Å². The quantitative estimate of drug-likeness (QED) is 0.291. The van der Waals surface area contributed by atoms with Crippen LogP contribution in [-0.2, 0) is 33.4 Å². The fraction of sp³-hybridized carbons (Fsp3) is 0.400. The number of imide groups is 1. The summed E-state index contributed by atoms with van der Waals surface area (Å²) in [6.45, 7) is 4.00. The molecular weight excluding hydrogens is 446 g/mol. The van der Waals surface area contributed by atoms with Gasteiger partial charge < -0.3 is 14.2 Å². The van der Waals surface area contributed by atoms with Gasteiger partial charge in [0.25, 0.3) is 6.29 Å². The molecule has 0 aromatic heterocycles. The van der Waals surface area contributed by atoms with Gasteiger partial charge in [0.15, 0.2) is 5.60 Å². The first-order valence-corrected chi connectivity index (χ1v) is 9.77. The van der Waals surface area contributed by atoms with Crippen molar-refractivity contribution >= 4 is 45.4 Å². The van der Waals surface area contributed by atoms with E-state index in [-0.39, 0.29) is 0 Å². The van der Waals surface area contributed by atoms with E-state index in [1.165, 1.54) is 0 Å². The van der Waals surface area contributed by atoms with E-state index in [0.29, 0.717) is 10.2 Å². The highest BCUT2D eigenvalue weighted by atomic mass is 79.9. The summed E-state index contributed by atoms with van der Waals surface area (Å²) in [5.74, 6) is -4.21. The van der Waals surface area contributed by atoms with Crippen LogP contribution in [0.2, 0.25) is 0 Å². The normalized spacial score (nSPS) is 32.1. The number of hydrogen-bond acceptors (Lipinski definition) is 7. The van der Waals surface area contributed by atoms with Crippen molar-refractivity contribution in [2.75, 3.05) is 4.90 Å². The van der Waals surface area contributed by atoms with Crippen LogP contribution in [0.3, 0.4) is 0 Å². The van der Waals surface area contributed by atoms with Gasteiger partial charge in [0.1, 0.15) is 0 Å². The second-order valence-electron chi connectivity index (χ2n) is 7.44. The maximum atomic E-state index is 13.5. The highest BCUT2D eigenvalue weighted by Crippen LogP contribution is 2.59.